The molecule has 9 nitrogen and oxygen atoms in total. The standard InChI is InChI=1S/C57H111N3O6/c1-8-13-17-21-27-35-44-52(42-33-19-15-10-3)55(62)65-48-37-29-23-25-31-40-51(50-54(61)60(12-5)57(64)58-46-39-47-59(6)7)41-32-26-24-30-38-49-66-56(63)53(43-34-20-16-11-4)45-36-28-22-18-14-9-2/h51-53H,8-50H2,1-7H3,(H,58,64). The minimum absolute atomic E-state index is 0.0232. The Labute approximate surface area is 409 Å². The van der Waals surface area contributed by atoms with Crippen molar-refractivity contribution in [2.75, 3.05) is 46.9 Å². The van der Waals surface area contributed by atoms with Crippen molar-refractivity contribution in [1.82, 2.24) is 15.1 Å². The van der Waals surface area contributed by atoms with Crippen LogP contribution in [0.5, 0.6) is 0 Å². The van der Waals surface area contributed by atoms with Gasteiger partial charge in [-0.15, -0.1) is 0 Å². The van der Waals surface area contributed by atoms with E-state index in [2.05, 4.69) is 37.9 Å². The third-order valence-corrected chi connectivity index (χ3v) is 13.7. The number of hydrogen-bond acceptors (Lipinski definition) is 7. The van der Waals surface area contributed by atoms with Crippen LogP contribution in [0.25, 0.3) is 0 Å². The van der Waals surface area contributed by atoms with Gasteiger partial charge in [0.05, 0.1) is 25.0 Å². The number of hydrogen-bond donors (Lipinski definition) is 1. The van der Waals surface area contributed by atoms with Gasteiger partial charge in [0, 0.05) is 19.5 Å². The average Bonchev–Trinajstić information content (AvgIpc) is 3.30. The summed E-state index contributed by atoms with van der Waals surface area (Å²) in [7, 11) is 4.04. The van der Waals surface area contributed by atoms with E-state index in [0.29, 0.717) is 32.7 Å². The lowest BCUT2D eigenvalue weighted by Gasteiger charge is -2.23. The van der Waals surface area contributed by atoms with Gasteiger partial charge < -0.3 is 19.7 Å². The maximum Gasteiger partial charge on any atom is 0.324 e. The Hall–Kier alpha value is -2.16. The summed E-state index contributed by atoms with van der Waals surface area (Å²) >= 11 is 0. The van der Waals surface area contributed by atoms with E-state index in [1.807, 2.05) is 21.0 Å². The summed E-state index contributed by atoms with van der Waals surface area (Å²) in [6.07, 6.45) is 42.0. The lowest BCUT2D eigenvalue weighted by molar-refractivity contribution is -0.150. The highest BCUT2D eigenvalue weighted by Gasteiger charge is 2.24. The molecular formula is C57H111N3O6. The third kappa shape index (κ3) is 38.8. The molecule has 0 rings (SSSR count). The summed E-state index contributed by atoms with van der Waals surface area (Å²) in [6, 6.07) is -0.281. The molecule has 0 aliphatic heterocycles. The zero-order chi connectivity index (χ0) is 48.7. The first-order valence-electron chi connectivity index (χ1n) is 28.7. The van der Waals surface area contributed by atoms with Crippen LogP contribution in [-0.4, -0.2) is 80.6 Å². The molecule has 390 valence electrons. The molecule has 2 atom stereocenters. The van der Waals surface area contributed by atoms with Gasteiger partial charge in [0.25, 0.3) is 0 Å². The molecule has 66 heavy (non-hydrogen) atoms. The summed E-state index contributed by atoms with van der Waals surface area (Å²) in [5, 5.41) is 2.96. The van der Waals surface area contributed by atoms with E-state index in [0.717, 1.165) is 141 Å². The van der Waals surface area contributed by atoms with Gasteiger partial charge in [-0.25, -0.2) is 4.79 Å². The maximum absolute atomic E-state index is 13.6. The first-order valence-corrected chi connectivity index (χ1v) is 28.7. The summed E-state index contributed by atoms with van der Waals surface area (Å²) in [5.74, 6) is 0.327. The predicted octanol–water partition coefficient (Wildman–Crippen LogP) is 15.9. The quantitative estimate of drug-likeness (QED) is 0.0478. The minimum atomic E-state index is -0.281. The Bertz CT molecular complexity index is 1060. The first-order chi connectivity index (χ1) is 32.1. The van der Waals surface area contributed by atoms with Gasteiger partial charge in [0.2, 0.25) is 5.91 Å². The molecule has 0 aromatic rings. The van der Waals surface area contributed by atoms with E-state index in [-0.39, 0.29) is 41.6 Å². The van der Waals surface area contributed by atoms with Gasteiger partial charge in [-0.2, -0.15) is 0 Å². The average molecular weight is 935 g/mol. The second-order valence-electron chi connectivity index (χ2n) is 20.3. The zero-order valence-electron chi connectivity index (χ0n) is 45.0. The van der Waals surface area contributed by atoms with Crippen molar-refractivity contribution in [3.8, 4) is 0 Å². The monoisotopic (exact) mass is 934 g/mol. The second kappa shape index (κ2) is 47.9. The Kier molecular flexibility index (Phi) is 46.3. The molecular weight excluding hydrogens is 823 g/mol. The number of unbranched alkanes of at least 4 members (excludes halogenated alkanes) is 24. The fourth-order valence-corrected chi connectivity index (χ4v) is 9.27. The van der Waals surface area contributed by atoms with Crippen LogP contribution in [0, 0.1) is 17.8 Å². The normalized spacial score (nSPS) is 12.8. The lowest BCUT2D eigenvalue weighted by Crippen LogP contribution is -2.44. The molecule has 0 heterocycles. The Morgan fingerprint density at radius 3 is 1.12 bits per heavy atom. The fraction of sp³-hybridized carbons (Fsp3) is 0.930. The van der Waals surface area contributed by atoms with Crippen molar-refractivity contribution >= 4 is 23.9 Å². The molecule has 0 aromatic heterocycles. The lowest BCUT2D eigenvalue weighted by atomic mass is 9.91. The summed E-state index contributed by atoms with van der Waals surface area (Å²) < 4.78 is 11.7. The molecule has 0 saturated carbocycles. The van der Waals surface area contributed by atoms with Crippen molar-refractivity contribution in [1.29, 1.82) is 0 Å². The van der Waals surface area contributed by atoms with Crippen LogP contribution < -0.4 is 5.32 Å². The van der Waals surface area contributed by atoms with Crippen LogP contribution in [0.3, 0.4) is 0 Å². The number of urea groups is 1. The summed E-state index contributed by atoms with van der Waals surface area (Å²) in [5.41, 5.74) is 0. The molecule has 0 fully saturated rings. The van der Waals surface area contributed by atoms with Gasteiger partial charge in [-0.05, 0) is 91.3 Å². The molecule has 0 aliphatic rings. The van der Waals surface area contributed by atoms with Crippen molar-refractivity contribution in [3.05, 3.63) is 0 Å². The number of imide groups is 1. The second-order valence-corrected chi connectivity index (χ2v) is 20.3. The highest BCUT2D eigenvalue weighted by atomic mass is 16.5. The number of ether oxygens (including phenoxy) is 2. The van der Waals surface area contributed by atoms with E-state index in [1.54, 1.807) is 0 Å². The van der Waals surface area contributed by atoms with E-state index in [4.69, 9.17) is 9.47 Å². The van der Waals surface area contributed by atoms with E-state index in [9.17, 15) is 19.2 Å². The van der Waals surface area contributed by atoms with Crippen LogP contribution in [0.1, 0.15) is 279 Å². The molecule has 0 spiro atoms. The van der Waals surface area contributed by atoms with Gasteiger partial charge >= 0.3 is 18.0 Å². The van der Waals surface area contributed by atoms with Crippen LogP contribution in [0.15, 0.2) is 0 Å². The predicted molar refractivity (Wildman–Crippen MR) is 280 cm³/mol. The summed E-state index contributed by atoms with van der Waals surface area (Å²) in [6.45, 7) is 13.7. The Morgan fingerprint density at radius 1 is 0.424 bits per heavy atom. The van der Waals surface area contributed by atoms with Crippen LogP contribution in [0.2, 0.25) is 0 Å². The maximum atomic E-state index is 13.6. The smallest absolute Gasteiger partial charge is 0.324 e. The largest absolute Gasteiger partial charge is 0.465 e. The molecule has 0 radical (unpaired) electrons. The number of rotatable bonds is 49. The third-order valence-electron chi connectivity index (χ3n) is 13.7. The van der Waals surface area contributed by atoms with Crippen molar-refractivity contribution < 1.29 is 28.7 Å². The van der Waals surface area contributed by atoms with Crippen LogP contribution >= 0.6 is 0 Å². The number of nitrogens with one attached hydrogen (secondary N) is 1. The Balaban J connectivity index is 4.96. The highest BCUT2D eigenvalue weighted by molar-refractivity contribution is 5.94. The minimum Gasteiger partial charge on any atom is -0.465 e. The number of nitrogens with zero attached hydrogens (tertiary/aromatic N) is 2. The van der Waals surface area contributed by atoms with Gasteiger partial charge in [-0.3, -0.25) is 19.3 Å². The molecule has 2 unspecified atom stereocenters. The molecule has 0 aromatic carbocycles. The number of amides is 3. The highest BCUT2D eigenvalue weighted by Crippen LogP contribution is 2.25. The van der Waals surface area contributed by atoms with Gasteiger partial charge in [-0.1, -0.05) is 207 Å². The zero-order valence-corrected chi connectivity index (χ0v) is 45.0. The number of carbonyl (C=O) groups is 4. The molecule has 9 heteroatoms. The first kappa shape index (κ1) is 63.8. The van der Waals surface area contributed by atoms with E-state index >= 15 is 0 Å². The van der Waals surface area contributed by atoms with Crippen molar-refractivity contribution in [2.45, 2.75) is 279 Å². The van der Waals surface area contributed by atoms with Crippen LogP contribution in [0.4, 0.5) is 4.79 Å². The number of carbonyl (C=O) groups excluding carboxylic acids is 4. The molecule has 3 amide bonds. The molecule has 0 saturated heterocycles. The molecule has 0 aliphatic carbocycles. The fourth-order valence-electron chi connectivity index (χ4n) is 9.27. The number of esters is 2. The summed E-state index contributed by atoms with van der Waals surface area (Å²) in [4.78, 5) is 56.3. The van der Waals surface area contributed by atoms with E-state index in [1.165, 1.54) is 108 Å². The molecule has 0 bridgehead atoms. The SMILES string of the molecule is CCCCCCCCC(CCCCCC)C(=O)OCCCCCCCC(CCCCCCCOC(=O)C(CCCCCC)CCCCCCCC)CC(=O)N(CC)C(=O)NCCCN(C)C. The van der Waals surface area contributed by atoms with Crippen LogP contribution in [-0.2, 0) is 23.9 Å². The van der Waals surface area contributed by atoms with Crippen molar-refractivity contribution in [3.63, 3.8) is 0 Å². The molecule has 1 N–H and O–H groups in total. The topological polar surface area (TPSA) is 105 Å². The van der Waals surface area contributed by atoms with Gasteiger partial charge in [0.1, 0.15) is 0 Å². The van der Waals surface area contributed by atoms with Crippen molar-refractivity contribution in [2.24, 2.45) is 17.8 Å². The van der Waals surface area contributed by atoms with Gasteiger partial charge in [0.15, 0.2) is 0 Å². The van der Waals surface area contributed by atoms with E-state index < -0.39 is 0 Å². The Morgan fingerprint density at radius 2 is 0.758 bits per heavy atom.